The van der Waals surface area contributed by atoms with E-state index < -0.39 is 42.5 Å². The predicted molar refractivity (Wildman–Crippen MR) is 104 cm³/mol. The highest BCUT2D eigenvalue weighted by Gasteiger charge is 2.34. The van der Waals surface area contributed by atoms with Crippen LogP contribution in [0.15, 0.2) is 12.1 Å². The molecular formula is C20H25F4N3O4. The summed E-state index contributed by atoms with van der Waals surface area (Å²) in [5.74, 6) is -2.91. The predicted octanol–water partition coefficient (Wildman–Crippen LogP) is 3.37. The summed E-state index contributed by atoms with van der Waals surface area (Å²) in [5, 5.41) is 1.75. The molecule has 1 aromatic carbocycles. The molecule has 0 N–H and O–H groups in total. The standard InChI is InChI=1S/C20H25F4N3O4/c1-12(2)27-6-5-25(7-8-30-27)18-15(21)9-13(10-16(18)22)26-11-14(31-20(26)29)3-4-17(28)19(23)24/h9-10,12,14,19H,3-8,11H2,1-2H3/t14-/m0/s1. The van der Waals surface area contributed by atoms with Gasteiger partial charge in [-0.2, -0.15) is 5.06 Å². The molecular weight excluding hydrogens is 422 g/mol. The van der Waals surface area contributed by atoms with Crippen LogP contribution in [0.25, 0.3) is 0 Å². The smallest absolute Gasteiger partial charge is 0.414 e. The van der Waals surface area contributed by atoms with Gasteiger partial charge < -0.3 is 9.64 Å². The monoisotopic (exact) mass is 447 g/mol. The molecule has 0 aliphatic carbocycles. The Morgan fingerprint density at radius 3 is 2.45 bits per heavy atom. The Hall–Kier alpha value is -2.40. The minimum absolute atomic E-state index is 0.0404. The van der Waals surface area contributed by atoms with Gasteiger partial charge in [0.1, 0.15) is 11.8 Å². The van der Waals surface area contributed by atoms with E-state index in [0.29, 0.717) is 19.6 Å². The second kappa shape index (κ2) is 9.82. The van der Waals surface area contributed by atoms with Crippen molar-refractivity contribution in [2.75, 3.05) is 42.6 Å². The van der Waals surface area contributed by atoms with E-state index in [-0.39, 0.29) is 37.0 Å². The lowest BCUT2D eigenvalue weighted by atomic mass is 10.1. The van der Waals surface area contributed by atoms with Crippen LogP contribution in [0, 0.1) is 11.6 Å². The number of Topliss-reactive ketones (excluding diaryl/α,β-unsaturated/α-hetero) is 1. The third kappa shape index (κ3) is 5.45. The number of ketones is 1. The van der Waals surface area contributed by atoms with E-state index in [1.54, 1.807) is 9.96 Å². The van der Waals surface area contributed by atoms with Gasteiger partial charge in [0.2, 0.25) is 0 Å². The van der Waals surface area contributed by atoms with Crippen molar-refractivity contribution in [2.45, 2.75) is 45.3 Å². The van der Waals surface area contributed by atoms with Gasteiger partial charge >= 0.3 is 6.09 Å². The van der Waals surface area contributed by atoms with Gasteiger partial charge in [-0.1, -0.05) is 0 Å². The van der Waals surface area contributed by atoms with Gasteiger partial charge in [-0.25, -0.2) is 22.4 Å². The number of hydrogen-bond acceptors (Lipinski definition) is 6. The maximum absolute atomic E-state index is 14.9. The number of anilines is 2. The van der Waals surface area contributed by atoms with E-state index in [1.165, 1.54) is 0 Å². The largest absolute Gasteiger partial charge is 0.444 e. The number of amides is 1. The molecule has 2 aliphatic heterocycles. The van der Waals surface area contributed by atoms with Crippen molar-refractivity contribution < 1.29 is 36.7 Å². The van der Waals surface area contributed by atoms with Crippen LogP contribution in [0.2, 0.25) is 0 Å². The van der Waals surface area contributed by atoms with E-state index in [1.807, 2.05) is 13.8 Å². The van der Waals surface area contributed by atoms with Crippen LogP contribution in [-0.4, -0.2) is 68.3 Å². The van der Waals surface area contributed by atoms with E-state index in [0.717, 1.165) is 17.0 Å². The lowest BCUT2D eigenvalue weighted by molar-refractivity contribution is -0.168. The van der Waals surface area contributed by atoms with Gasteiger partial charge in [0.05, 0.1) is 18.8 Å². The molecule has 1 aromatic rings. The van der Waals surface area contributed by atoms with E-state index in [9.17, 15) is 27.2 Å². The summed E-state index contributed by atoms with van der Waals surface area (Å²) in [6.07, 6.45) is -5.28. The molecule has 1 atom stereocenters. The molecule has 0 saturated carbocycles. The summed E-state index contributed by atoms with van der Waals surface area (Å²) >= 11 is 0. The fourth-order valence-corrected chi connectivity index (χ4v) is 3.60. The third-order valence-electron chi connectivity index (χ3n) is 5.24. The fraction of sp³-hybridized carbons (Fsp3) is 0.600. The highest BCUT2D eigenvalue weighted by atomic mass is 19.3. The number of alkyl halides is 2. The number of halogens is 4. The van der Waals surface area contributed by atoms with Gasteiger partial charge in [-0.05, 0) is 20.3 Å². The normalized spacial score (nSPS) is 20.5. The third-order valence-corrected chi connectivity index (χ3v) is 5.24. The van der Waals surface area contributed by atoms with Crippen LogP contribution in [0.4, 0.5) is 33.7 Å². The number of benzene rings is 1. The Morgan fingerprint density at radius 2 is 1.84 bits per heavy atom. The van der Waals surface area contributed by atoms with Gasteiger partial charge in [0.25, 0.3) is 6.43 Å². The summed E-state index contributed by atoms with van der Waals surface area (Å²) in [6, 6.07) is 2.21. The Kier molecular flexibility index (Phi) is 7.37. The Balaban J connectivity index is 1.70. The number of carbonyl (C=O) groups is 2. The lowest BCUT2D eigenvalue weighted by Gasteiger charge is -2.25. The van der Waals surface area contributed by atoms with Crippen molar-refractivity contribution in [1.82, 2.24) is 5.06 Å². The summed E-state index contributed by atoms with van der Waals surface area (Å²) in [7, 11) is 0. The van der Waals surface area contributed by atoms with E-state index in [2.05, 4.69) is 0 Å². The fourth-order valence-electron chi connectivity index (χ4n) is 3.60. The number of hydrogen-bond donors (Lipinski definition) is 0. The number of ether oxygens (including phenoxy) is 1. The van der Waals surface area contributed by atoms with E-state index in [4.69, 9.17) is 9.57 Å². The molecule has 2 aliphatic rings. The molecule has 31 heavy (non-hydrogen) atoms. The van der Waals surface area contributed by atoms with Gasteiger partial charge in [0, 0.05) is 44.2 Å². The number of rotatable bonds is 7. The lowest BCUT2D eigenvalue weighted by Crippen LogP contribution is -2.34. The zero-order valence-corrected chi connectivity index (χ0v) is 17.3. The molecule has 2 saturated heterocycles. The Labute approximate surface area is 177 Å². The minimum Gasteiger partial charge on any atom is -0.444 e. The molecule has 2 heterocycles. The topological polar surface area (TPSA) is 62.3 Å². The Bertz CT molecular complexity index is 801. The quantitative estimate of drug-likeness (QED) is 0.598. The molecule has 0 spiro atoms. The molecule has 0 unspecified atom stereocenters. The average molecular weight is 447 g/mol. The molecule has 0 radical (unpaired) electrons. The summed E-state index contributed by atoms with van der Waals surface area (Å²) in [5.41, 5.74) is -0.245. The van der Waals surface area contributed by atoms with Crippen molar-refractivity contribution in [3.05, 3.63) is 23.8 Å². The molecule has 0 aromatic heterocycles. The maximum Gasteiger partial charge on any atom is 0.414 e. The van der Waals surface area contributed by atoms with Crippen molar-refractivity contribution in [3.63, 3.8) is 0 Å². The second-order valence-electron chi connectivity index (χ2n) is 7.73. The minimum atomic E-state index is -3.08. The summed E-state index contributed by atoms with van der Waals surface area (Å²) < 4.78 is 59.4. The number of cyclic esters (lactones) is 1. The molecule has 2 fully saturated rings. The van der Waals surface area contributed by atoms with E-state index >= 15 is 0 Å². The zero-order valence-electron chi connectivity index (χ0n) is 17.3. The Morgan fingerprint density at radius 1 is 1.16 bits per heavy atom. The van der Waals surface area contributed by atoms with Gasteiger partial charge in [-0.15, -0.1) is 0 Å². The second-order valence-corrected chi connectivity index (χ2v) is 7.73. The van der Waals surface area contributed by atoms with Gasteiger partial charge in [0.15, 0.2) is 17.4 Å². The molecule has 0 bridgehead atoms. The van der Waals surface area contributed by atoms with Crippen molar-refractivity contribution in [3.8, 4) is 0 Å². The van der Waals surface area contributed by atoms with Crippen LogP contribution in [0.1, 0.15) is 26.7 Å². The first-order valence-corrected chi connectivity index (χ1v) is 10.1. The number of carbonyl (C=O) groups excluding carboxylic acids is 2. The maximum atomic E-state index is 14.9. The highest BCUT2D eigenvalue weighted by Crippen LogP contribution is 2.32. The van der Waals surface area contributed by atoms with Crippen molar-refractivity contribution in [1.29, 1.82) is 0 Å². The van der Waals surface area contributed by atoms with Crippen molar-refractivity contribution in [2.24, 2.45) is 0 Å². The SMILES string of the molecule is CC(C)N1CCN(c2c(F)cc(N3C[C@H](CCC(=O)C(F)F)OC3=O)cc2F)CCO1. The molecule has 172 valence electrons. The first kappa shape index (κ1) is 23.3. The van der Waals surface area contributed by atoms with Crippen LogP contribution >= 0.6 is 0 Å². The van der Waals surface area contributed by atoms with Crippen LogP contribution in [0.5, 0.6) is 0 Å². The highest BCUT2D eigenvalue weighted by molar-refractivity contribution is 5.90. The van der Waals surface area contributed by atoms with Crippen LogP contribution in [0.3, 0.4) is 0 Å². The van der Waals surface area contributed by atoms with Crippen LogP contribution in [-0.2, 0) is 14.4 Å². The first-order chi connectivity index (χ1) is 14.7. The molecule has 1 amide bonds. The first-order valence-electron chi connectivity index (χ1n) is 10.1. The molecule has 11 heteroatoms. The summed E-state index contributed by atoms with van der Waals surface area (Å²) in [4.78, 5) is 31.4. The zero-order chi connectivity index (χ0) is 22.7. The number of nitrogens with zero attached hydrogens (tertiary/aromatic N) is 3. The molecule has 3 rings (SSSR count). The average Bonchev–Trinajstić information content (AvgIpc) is 2.90. The number of hydroxylamine groups is 2. The molecule has 7 nitrogen and oxygen atoms in total. The van der Waals surface area contributed by atoms with Gasteiger partial charge in [-0.3, -0.25) is 14.5 Å². The van der Waals surface area contributed by atoms with Crippen molar-refractivity contribution >= 4 is 23.3 Å². The summed E-state index contributed by atoms with van der Waals surface area (Å²) in [6.45, 7) is 5.22. The van der Waals surface area contributed by atoms with Crippen LogP contribution < -0.4 is 9.80 Å².